The number of halogens is 1. The lowest BCUT2D eigenvalue weighted by Crippen LogP contribution is -2.22. The normalized spacial score (nSPS) is 12.6. The van der Waals surface area contributed by atoms with Crippen molar-refractivity contribution in [2.75, 3.05) is 13.7 Å². The molecule has 4 aromatic rings. The van der Waals surface area contributed by atoms with Gasteiger partial charge in [-0.25, -0.2) is 9.37 Å². The maximum atomic E-state index is 14.1. The molecule has 1 radical (unpaired) electrons. The second-order valence-corrected chi connectivity index (χ2v) is 6.81. The lowest BCUT2D eigenvalue weighted by atomic mass is 10.0. The van der Waals surface area contributed by atoms with Gasteiger partial charge in [0.2, 0.25) is 0 Å². The molecule has 4 N–H and O–H groups in total. The molecule has 0 spiro atoms. The molecule has 28 heavy (non-hydrogen) atoms. The number of H-pyrrole nitrogens is 1. The van der Waals surface area contributed by atoms with Crippen molar-refractivity contribution in [3.8, 4) is 5.75 Å². The Balaban J connectivity index is 1.83. The van der Waals surface area contributed by atoms with E-state index in [-0.39, 0.29) is 12.3 Å². The molecule has 1 atom stereocenters. The van der Waals surface area contributed by atoms with Crippen LogP contribution in [0.2, 0.25) is 0 Å². The second-order valence-electron chi connectivity index (χ2n) is 6.81. The van der Waals surface area contributed by atoms with Crippen LogP contribution >= 0.6 is 0 Å². The monoisotopic (exact) mass is 378 g/mol. The molecule has 1 unspecified atom stereocenters. The van der Waals surface area contributed by atoms with Crippen LogP contribution in [0.5, 0.6) is 5.75 Å². The van der Waals surface area contributed by atoms with Gasteiger partial charge < -0.3 is 20.6 Å². The van der Waals surface area contributed by atoms with Crippen molar-refractivity contribution in [3.63, 3.8) is 0 Å². The molecule has 0 bridgehead atoms. The summed E-state index contributed by atoms with van der Waals surface area (Å²) in [4.78, 5) is 7.92. The maximum absolute atomic E-state index is 14.1. The fraction of sp³-hybridized carbons (Fsp3) is 0.227. The molecule has 4 rings (SSSR count). The summed E-state index contributed by atoms with van der Waals surface area (Å²) in [6, 6.07) is 12.8. The van der Waals surface area contributed by atoms with Crippen LogP contribution in [0.3, 0.4) is 0 Å². The van der Waals surface area contributed by atoms with Crippen molar-refractivity contribution in [1.29, 1.82) is 0 Å². The Hall–Kier alpha value is -2.96. The van der Waals surface area contributed by atoms with E-state index in [1.54, 1.807) is 6.07 Å². The van der Waals surface area contributed by atoms with Gasteiger partial charge >= 0.3 is 0 Å². The largest absolute Gasteiger partial charge is 0.494 e. The average Bonchev–Trinajstić information content (AvgIpc) is 3.10. The number of aromatic amines is 1. The Morgan fingerprint density at radius 2 is 2.11 bits per heavy atom. The van der Waals surface area contributed by atoms with Gasteiger partial charge in [0, 0.05) is 35.7 Å². The number of ether oxygens (including phenoxy) is 1. The number of hydrogen-bond acceptors (Lipinski definition) is 4. The number of fused-ring (bicyclic) bond motifs is 3. The molecule has 2 aromatic heterocycles. The zero-order chi connectivity index (χ0) is 19.7. The van der Waals surface area contributed by atoms with Crippen LogP contribution in [-0.4, -0.2) is 34.8 Å². The Morgan fingerprint density at radius 1 is 1.29 bits per heavy atom. The van der Waals surface area contributed by atoms with Gasteiger partial charge in [-0.3, -0.25) is 0 Å². The van der Waals surface area contributed by atoms with Crippen molar-refractivity contribution >= 4 is 21.8 Å². The molecule has 2 heterocycles. The van der Waals surface area contributed by atoms with Crippen molar-refractivity contribution in [1.82, 2.24) is 9.97 Å². The molecule has 0 fully saturated rings. The Labute approximate surface area is 162 Å². The number of aliphatic hydroxyl groups is 1. The number of nitrogens with one attached hydrogen (secondary N) is 1. The van der Waals surface area contributed by atoms with E-state index in [2.05, 4.69) is 16.2 Å². The SMILES string of the molecule is COc1ccc(Cc2n[c]c(CC(O)CN)c3c2[nH]c2ccccc23)cc1F. The molecule has 0 aliphatic rings. The highest BCUT2D eigenvalue weighted by atomic mass is 19.1. The van der Waals surface area contributed by atoms with E-state index in [0.717, 1.165) is 38.6 Å². The first-order valence-electron chi connectivity index (χ1n) is 9.11. The van der Waals surface area contributed by atoms with Gasteiger partial charge in [0.25, 0.3) is 0 Å². The van der Waals surface area contributed by atoms with Crippen molar-refractivity contribution in [2.45, 2.75) is 18.9 Å². The van der Waals surface area contributed by atoms with Gasteiger partial charge in [0.05, 0.1) is 30.6 Å². The minimum absolute atomic E-state index is 0.171. The van der Waals surface area contributed by atoms with Gasteiger partial charge in [-0.15, -0.1) is 0 Å². The van der Waals surface area contributed by atoms with E-state index >= 15 is 0 Å². The zero-order valence-corrected chi connectivity index (χ0v) is 15.5. The number of benzene rings is 2. The lowest BCUT2D eigenvalue weighted by Gasteiger charge is -2.11. The summed E-state index contributed by atoms with van der Waals surface area (Å²) in [6.45, 7) is 0.171. The molecule has 6 heteroatoms. The number of para-hydroxylation sites is 1. The first kappa shape index (κ1) is 18.4. The molecular weight excluding hydrogens is 357 g/mol. The third kappa shape index (κ3) is 3.32. The van der Waals surface area contributed by atoms with Gasteiger partial charge in [0.15, 0.2) is 11.6 Å². The summed E-state index contributed by atoms with van der Waals surface area (Å²) in [5.41, 5.74) is 9.80. The molecular formula is C22H21FN3O2. The number of aromatic nitrogens is 2. The second kappa shape index (κ2) is 7.58. The van der Waals surface area contributed by atoms with Crippen LogP contribution in [0.1, 0.15) is 16.8 Å². The summed E-state index contributed by atoms with van der Waals surface area (Å²) in [5, 5.41) is 12.0. The van der Waals surface area contributed by atoms with E-state index < -0.39 is 11.9 Å². The molecule has 0 aliphatic heterocycles. The molecule has 2 aromatic carbocycles. The fourth-order valence-corrected chi connectivity index (χ4v) is 3.53. The van der Waals surface area contributed by atoms with Crippen LogP contribution in [0.4, 0.5) is 4.39 Å². The average molecular weight is 378 g/mol. The minimum atomic E-state index is -0.656. The van der Waals surface area contributed by atoms with E-state index in [1.165, 1.54) is 13.2 Å². The molecule has 0 amide bonds. The first-order valence-corrected chi connectivity index (χ1v) is 9.11. The predicted octanol–water partition coefficient (Wildman–Crippen LogP) is 3.12. The van der Waals surface area contributed by atoms with Gasteiger partial charge in [-0.2, -0.15) is 0 Å². The van der Waals surface area contributed by atoms with Crippen molar-refractivity contribution in [2.24, 2.45) is 5.73 Å². The topological polar surface area (TPSA) is 84.2 Å². The van der Waals surface area contributed by atoms with Crippen LogP contribution < -0.4 is 10.5 Å². The number of nitrogens with zero attached hydrogens (tertiary/aromatic N) is 1. The first-order chi connectivity index (χ1) is 13.6. The molecule has 143 valence electrons. The Bertz CT molecular complexity index is 1140. The van der Waals surface area contributed by atoms with E-state index in [4.69, 9.17) is 10.5 Å². The molecule has 0 saturated heterocycles. The zero-order valence-electron chi connectivity index (χ0n) is 15.5. The van der Waals surface area contributed by atoms with Crippen molar-refractivity contribution in [3.05, 3.63) is 71.3 Å². The summed E-state index contributed by atoms with van der Waals surface area (Å²) < 4.78 is 19.1. The summed E-state index contributed by atoms with van der Waals surface area (Å²) in [5.74, 6) is -0.190. The number of rotatable bonds is 6. The Kier molecular flexibility index (Phi) is 4.98. The van der Waals surface area contributed by atoms with Gasteiger partial charge in [-0.05, 0) is 29.3 Å². The smallest absolute Gasteiger partial charge is 0.165 e. The lowest BCUT2D eigenvalue weighted by molar-refractivity contribution is 0.183. The highest BCUT2D eigenvalue weighted by Crippen LogP contribution is 2.31. The van der Waals surface area contributed by atoms with Crippen LogP contribution in [-0.2, 0) is 12.8 Å². The molecule has 5 nitrogen and oxygen atoms in total. The number of methoxy groups -OCH3 is 1. The van der Waals surface area contributed by atoms with Gasteiger partial charge in [-0.1, -0.05) is 24.3 Å². The standard InChI is InChI=1S/C22H21FN3O2/c1-28-20-7-6-13(8-17(20)23)9-19-22-21(14(12-25-19)10-15(27)11-24)16-4-2-3-5-18(16)26-22/h2-8,15,26-27H,9-11,24H2,1H3. The summed E-state index contributed by atoms with van der Waals surface area (Å²) in [7, 11) is 1.44. The molecule has 0 saturated carbocycles. The minimum Gasteiger partial charge on any atom is -0.494 e. The molecule has 0 aliphatic carbocycles. The van der Waals surface area contributed by atoms with E-state index in [0.29, 0.717) is 12.8 Å². The number of pyridine rings is 1. The van der Waals surface area contributed by atoms with Crippen LogP contribution in [0.25, 0.3) is 21.8 Å². The van der Waals surface area contributed by atoms with Crippen LogP contribution in [0.15, 0.2) is 42.5 Å². The predicted molar refractivity (Wildman–Crippen MR) is 107 cm³/mol. The van der Waals surface area contributed by atoms with Crippen LogP contribution in [0, 0.1) is 12.0 Å². The van der Waals surface area contributed by atoms with E-state index in [1.807, 2.05) is 30.3 Å². The van der Waals surface area contributed by atoms with Crippen molar-refractivity contribution < 1.29 is 14.2 Å². The fourth-order valence-electron chi connectivity index (χ4n) is 3.53. The summed E-state index contributed by atoms with van der Waals surface area (Å²) >= 11 is 0. The maximum Gasteiger partial charge on any atom is 0.165 e. The number of hydrogen-bond donors (Lipinski definition) is 3. The highest BCUT2D eigenvalue weighted by Gasteiger charge is 2.17. The quantitative estimate of drug-likeness (QED) is 0.481. The highest BCUT2D eigenvalue weighted by molar-refractivity contribution is 6.09. The van der Waals surface area contributed by atoms with E-state index in [9.17, 15) is 9.50 Å². The Morgan fingerprint density at radius 3 is 2.86 bits per heavy atom. The number of nitrogens with two attached hydrogens (primary N) is 1. The summed E-state index contributed by atoms with van der Waals surface area (Å²) in [6.07, 6.45) is 3.24. The number of aliphatic hydroxyl groups excluding tert-OH is 1. The third-order valence-corrected chi connectivity index (χ3v) is 4.92. The van der Waals surface area contributed by atoms with Gasteiger partial charge in [0.1, 0.15) is 0 Å². The third-order valence-electron chi connectivity index (χ3n) is 4.92.